The van der Waals surface area contributed by atoms with Crippen LogP contribution in [0.15, 0.2) is 30.5 Å². The number of hydrogen-bond donors (Lipinski definition) is 1. The fourth-order valence-electron chi connectivity index (χ4n) is 2.45. The van der Waals surface area contributed by atoms with Crippen molar-refractivity contribution in [3.8, 4) is 0 Å². The molecule has 1 aliphatic rings. The van der Waals surface area contributed by atoms with Crippen LogP contribution in [0.3, 0.4) is 0 Å². The lowest BCUT2D eigenvalue weighted by Crippen LogP contribution is -2.05. The van der Waals surface area contributed by atoms with Crippen LogP contribution in [0.4, 0.5) is 5.69 Å². The Morgan fingerprint density at radius 3 is 2.94 bits per heavy atom. The topological polar surface area (TPSA) is 29.9 Å². The van der Waals surface area contributed by atoms with Crippen molar-refractivity contribution in [2.24, 2.45) is 7.05 Å². The van der Waals surface area contributed by atoms with E-state index >= 15 is 0 Å². The number of aromatic nitrogens is 2. The zero-order valence-electron chi connectivity index (χ0n) is 10.1. The summed E-state index contributed by atoms with van der Waals surface area (Å²) in [6.07, 6.45) is 5.62. The summed E-state index contributed by atoms with van der Waals surface area (Å²) in [5.41, 5.74) is 5.45. The highest BCUT2D eigenvalue weighted by Crippen LogP contribution is 2.25. The molecule has 0 aliphatic heterocycles. The van der Waals surface area contributed by atoms with E-state index in [1.54, 1.807) is 0 Å². The van der Waals surface area contributed by atoms with Crippen molar-refractivity contribution in [3.63, 3.8) is 0 Å². The quantitative estimate of drug-likeness (QED) is 0.873. The minimum absolute atomic E-state index is 0.829. The van der Waals surface area contributed by atoms with Gasteiger partial charge in [-0.2, -0.15) is 5.10 Å². The van der Waals surface area contributed by atoms with E-state index in [4.69, 9.17) is 0 Å². The van der Waals surface area contributed by atoms with Crippen LogP contribution in [0.5, 0.6) is 0 Å². The largest absolute Gasteiger partial charge is 0.379 e. The molecule has 1 N–H and O–H groups in total. The van der Waals surface area contributed by atoms with Crippen molar-refractivity contribution >= 4 is 5.69 Å². The molecular weight excluding hydrogens is 210 g/mol. The molecule has 0 radical (unpaired) electrons. The monoisotopic (exact) mass is 227 g/mol. The third kappa shape index (κ3) is 2.05. The second-order valence-corrected chi connectivity index (χ2v) is 4.64. The van der Waals surface area contributed by atoms with Gasteiger partial charge in [-0.25, -0.2) is 0 Å². The van der Waals surface area contributed by atoms with Gasteiger partial charge in [-0.15, -0.1) is 0 Å². The van der Waals surface area contributed by atoms with Crippen molar-refractivity contribution in [1.82, 2.24) is 9.78 Å². The average Bonchev–Trinajstić information content (AvgIpc) is 2.94. The number of aryl methyl sites for hydroxylation is 3. The first kappa shape index (κ1) is 10.4. The SMILES string of the molecule is Cn1nccc1CNc1ccc2c(c1)CCC2. The van der Waals surface area contributed by atoms with E-state index < -0.39 is 0 Å². The van der Waals surface area contributed by atoms with Crippen LogP contribution in [0.25, 0.3) is 0 Å². The van der Waals surface area contributed by atoms with Gasteiger partial charge in [0.1, 0.15) is 0 Å². The predicted octanol–water partition coefficient (Wildman–Crippen LogP) is 2.52. The fourth-order valence-corrected chi connectivity index (χ4v) is 2.45. The van der Waals surface area contributed by atoms with E-state index in [1.807, 2.05) is 24.0 Å². The molecular formula is C14H17N3. The molecule has 3 nitrogen and oxygen atoms in total. The Kier molecular flexibility index (Phi) is 2.59. The number of nitrogens with one attached hydrogen (secondary N) is 1. The Bertz CT molecular complexity index is 528. The highest BCUT2D eigenvalue weighted by atomic mass is 15.3. The number of benzene rings is 1. The van der Waals surface area contributed by atoms with Crippen LogP contribution in [-0.2, 0) is 26.4 Å². The van der Waals surface area contributed by atoms with Crippen molar-refractivity contribution in [3.05, 3.63) is 47.3 Å². The number of fused-ring (bicyclic) bond motifs is 1. The van der Waals surface area contributed by atoms with Gasteiger partial charge >= 0.3 is 0 Å². The van der Waals surface area contributed by atoms with Crippen molar-refractivity contribution in [1.29, 1.82) is 0 Å². The normalized spacial score (nSPS) is 13.7. The van der Waals surface area contributed by atoms with Crippen LogP contribution < -0.4 is 5.32 Å². The predicted molar refractivity (Wildman–Crippen MR) is 69.0 cm³/mol. The molecule has 1 aromatic heterocycles. The lowest BCUT2D eigenvalue weighted by Gasteiger charge is -2.08. The molecule has 0 saturated carbocycles. The molecule has 88 valence electrons. The highest BCUT2D eigenvalue weighted by Gasteiger charge is 2.10. The molecule has 0 fully saturated rings. The van der Waals surface area contributed by atoms with Gasteiger partial charge in [0.25, 0.3) is 0 Å². The molecule has 0 amide bonds. The first-order valence-electron chi connectivity index (χ1n) is 6.15. The van der Waals surface area contributed by atoms with E-state index in [9.17, 15) is 0 Å². The Morgan fingerprint density at radius 1 is 1.24 bits per heavy atom. The summed E-state index contributed by atoms with van der Waals surface area (Å²) in [5.74, 6) is 0. The van der Waals surface area contributed by atoms with Gasteiger partial charge < -0.3 is 5.32 Å². The van der Waals surface area contributed by atoms with E-state index in [2.05, 4.69) is 28.6 Å². The van der Waals surface area contributed by atoms with E-state index in [0.717, 1.165) is 6.54 Å². The molecule has 3 heteroatoms. The smallest absolute Gasteiger partial charge is 0.0571 e. The summed E-state index contributed by atoms with van der Waals surface area (Å²) in [4.78, 5) is 0. The van der Waals surface area contributed by atoms with Gasteiger partial charge in [-0.1, -0.05) is 6.07 Å². The maximum Gasteiger partial charge on any atom is 0.0571 e. The van der Waals surface area contributed by atoms with E-state index in [-0.39, 0.29) is 0 Å². The van der Waals surface area contributed by atoms with Crippen molar-refractivity contribution < 1.29 is 0 Å². The van der Waals surface area contributed by atoms with Gasteiger partial charge in [-0.3, -0.25) is 4.68 Å². The zero-order valence-corrected chi connectivity index (χ0v) is 10.1. The molecule has 0 spiro atoms. The van der Waals surface area contributed by atoms with Crippen LogP contribution in [0.1, 0.15) is 23.2 Å². The van der Waals surface area contributed by atoms with E-state index in [1.165, 1.54) is 41.8 Å². The standard InChI is InChI=1S/C14H17N3/c1-17-14(7-8-16-17)10-15-13-6-5-11-3-2-4-12(11)9-13/h5-9,15H,2-4,10H2,1H3. The van der Waals surface area contributed by atoms with Crippen molar-refractivity contribution in [2.45, 2.75) is 25.8 Å². The summed E-state index contributed by atoms with van der Waals surface area (Å²) in [6, 6.07) is 8.77. The van der Waals surface area contributed by atoms with Crippen LogP contribution in [0.2, 0.25) is 0 Å². The number of rotatable bonds is 3. The molecule has 2 aromatic rings. The third-order valence-corrected chi connectivity index (χ3v) is 3.49. The molecule has 1 heterocycles. The number of hydrogen-bond acceptors (Lipinski definition) is 2. The summed E-state index contributed by atoms with van der Waals surface area (Å²) in [7, 11) is 1.97. The van der Waals surface area contributed by atoms with Crippen LogP contribution in [-0.4, -0.2) is 9.78 Å². The molecule has 3 rings (SSSR count). The Balaban J connectivity index is 1.72. The molecule has 1 aromatic carbocycles. The van der Waals surface area contributed by atoms with Gasteiger partial charge in [0.15, 0.2) is 0 Å². The molecule has 1 aliphatic carbocycles. The fraction of sp³-hybridized carbons (Fsp3) is 0.357. The van der Waals surface area contributed by atoms with Gasteiger partial charge in [-0.05, 0) is 48.6 Å². The molecule has 0 unspecified atom stereocenters. The maximum absolute atomic E-state index is 4.16. The molecule has 0 atom stereocenters. The minimum atomic E-state index is 0.829. The summed E-state index contributed by atoms with van der Waals surface area (Å²) < 4.78 is 1.90. The first-order valence-corrected chi connectivity index (χ1v) is 6.15. The average molecular weight is 227 g/mol. The Morgan fingerprint density at radius 2 is 2.12 bits per heavy atom. The molecule has 0 bridgehead atoms. The molecule has 0 saturated heterocycles. The van der Waals surface area contributed by atoms with Gasteiger partial charge in [0.05, 0.1) is 12.2 Å². The molecule has 17 heavy (non-hydrogen) atoms. The highest BCUT2D eigenvalue weighted by molar-refractivity contribution is 5.50. The lowest BCUT2D eigenvalue weighted by atomic mass is 10.1. The Labute approximate surface area is 101 Å². The summed E-state index contributed by atoms with van der Waals surface area (Å²) in [6.45, 7) is 0.829. The second kappa shape index (κ2) is 4.24. The van der Waals surface area contributed by atoms with E-state index in [0.29, 0.717) is 0 Å². The minimum Gasteiger partial charge on any atom is -0.379 e. The first-order chi connectivity index (χ1) is 8.33. The zero-order chi connectivity index (χ0) is 11.7. The number of nitrogens with zero attached hydrogens (tertiary/aromatic N) is 2. The summed E-state index contributed by atoms with van der Waals surface area (Å²) >= 11 is 0. The van der Waals surface area contributed by atoms with Gasteiger partial charge in [0, 0.05) is 18.9 Å². The van der Waals surface area contributed by atoms with Crippen LogP contribution in [0, 0.1) is 0 Å². The third-order valence-electron chi connectivity index (χ3n) is 3.49. The van der Waals surface area contributed by atoms with Crippen LogP contribution >= 0.6 is 0 Å². The second-order valence-electron chi connectivity index (χ2n) is 4.64. The van der Waals surface area contributed by atoms with Crippen molar-refractivity contribution in [2.75, 3.05) is 5.32 Å². The summed E-state index contributed by atoms with van der Waals surface area (Å²) in [5, 5.41) is 7.62. The Hall–Kier alpha value is -1.77. The van der Waals surface area contributed by atoms with Gasteiger partial charge in [0.2, 0.25) is 0 Å². The maximum atomic E-state index is 4.16. The lowest BCUT2D eigenvalue weighted by molar-refractivity contribution is 0.720. The number of anilines is 1.